The number of aliphatic hydroxyl groups excluding tert-OH is 1. The third kappa shape index (κ3) is 8.01. The molecule has 0 spiro atoms. The number of hydrogen-bond acceptors (Lipinski definition) is 3. The summed E-state index contributed by atoms with van der Waals surface area (Å²) in [5.41, 5.74) is 0. The van der Waals surface area contributed by atoms with Crippen LogP contribution in [0.4, 0.5) is 0 Å². The van der Waals surface area contributed by atoms with E-state index in [0.29, 0.717) is 6.42 Å². The lowest BCUT2D eigenvalue weighted by atomic mass is 10.2. The van der Waals surface area contributed by atoms with Gasteiger partial charge < -0.3 is 15.3 Å². The van der Waals surface area contributed by atoms with Crippen LogP contribution in [0.25, 0.3) is 0 Å². The molecular formula is C10H22N2O2. The standard InChI is InChI=1S/C10H22N2O2/c1-12(2)10(14)6-5-8-11-7-3-4-9-13/h11,13H,3-9H2,1-2H3. The molecule has 0 aliphatic rings. The number of unbranched alkanes of at least 4 members (excludes halogenated alkanes) is 1. The number of aliphatic hydroxyl groups is 1. The topological polar surface area (TPSA) is 52.6 Å². The molecule has 1 amide bonds. The Balaban J connectivity index is 3.10. The largest absolute Gasteiger partial charge is 0.396 e. The van der Waals surface area contributed by atoms with Crippen molar-refractivity contribution in [1.82, 2.24) is 10.2 Å². The number of carbonyl (C=O) groups is 1. The molecule has 0 aromatic rings. The summed E-state index contributed by atoms with van der Waals surface area (Å²) in [7, 11) is 3.55. The van der Waals surface area contributed by atoms with Crippen LogP contribution in [0.1, 0.15) is 25.7 Å². The molecule has 0 aliphatic heterocycles. The lowest BCUT2D eigenvalue weighted by molar-refractivity contribution is -0.128. The van der Waals surface area contributed by atoms with Crippen LogP contribution in [0.5, 0.6) is 0 Å². The van der Waals surface area contributed by atoms with Crippen LogP contribution in [-0.2, 0) is 4.79 Å². The van der Waals surface area contributed by atoms with E-state index in [1.54, 1.807) is 19.0 Å². The maximum atomic E-state index is 11.1. The van der Waals surface area contributed by atoms with Crippen LogP contribution in [0.2, 0.25) is 0 Å². The highest BCUT2D eigenvalue weighted by Crippen LogP contribution is 1.92. The highest BCUT2D eigenvalue weighted by molar-refractivity contribution is 5.75. The predicted molar refractivity (Wildman–Crippen MR) is 57.1 cm³/mol. The van der Waals surface area contributed by atoms with Crippen molar-refractivity contribution in [3.63, 3.8) is 0 Å². The summed E-state index contributed by atoms with van der Waals surface area (Å²) in [5, 5.41) is 11.8. The third-order valence-electron chi connectivity index (χ3n) is 2.00. The molecule has 4 nitrogen and oxygen atoms in total. The smallest absolute Gasteiger partial charge is 0.222 e. The maximum absolute atomic E-state index is 11.1. The van der Waals surface area contributed by atoms with Gasteiger partial charge in [0.1, 0.15) is 0 Å². The average Bonchev–Trinajstić information content (AvgIpc) is 2.16. The summed E-state index contributed by atoms with van der Waals surface area (Å²) in [6.45, 7) is 2.07. The first-order valence-corrected chi connectivity index (χ1v) is 5.20. The van der Waals surface area contributed by atoms with Crippen LogP contribution in [0, 0.1) is 0 Å². The van der Waals surface area contributed by atoms with Gasteiger partial charge in [0.2, 0.25) is 5.91 Å². The molecular weight excluding hydrogens is 180 g/mol. The number of hydrogen-bond donors (Lipinski definition) is 2. The van der Waals surface area contributed by atoms with Gasteiger partial charge in [-0.25, -0.2) is 0 Å². The molecule has 14 heavy (non-hydrogen) atoms. The highest BCUT2D eigenvalue weighted by atomic mass is 16.2. The summed E-state index contributed by atoms with van der Waals surface area (Å²) in [4.78, 5) is 12.8. The number of rotatable bonds is 8. The minimum absolute atomic E-state index is 0.183. The lowest BCUT2D eigenvalue weighted by Crippen LogP contribution is -2.23. The fourth-order valence-corrected chi connectivity index (χ4v) is 1.08. The van der Waals surface area contributed by atoms with Gasteiger partial charge in [-0.2, -0.15) is 0 Å². The predicted octanol–water partition coefficient (Wildman–Crippen LogP) is 0.217. The van der Waals surface area contributed by atoms with E-state index >= 15 is 0 Å². The number of carbonyl (C=O) groups excluding carboxylic acids is 1. The van der Waals surface area contributed by atoms with Crippen molar-refractivity contribution in [2.45, 2.75) is 25.7 Å². The summed E-state index contributed by atoms with van der Waals surface area (Å²) < 4.78 is 0. The third-order valence-corrected chi connectivity index (χ3v) is 2.00. The van der Waals surface area contributed by atoms with Crippen molar-refractivity contribution >= 4 is 5.91 Å². The van der Waals surface area contributed by atoms with Gasteiger partial charge in [0, 0.05) is 27.1 Å². The van der Waals surface area contributed by atoms with Gasteiger partial charge in [0.05, 0.1) is 0 Å². The molecule has 0 bridgehead atoms. The molecule has 0 heterocycles. The molecule has 84 valence electrons. The van der Waals surface area contributed by atoms with Crippen molar-refractivity contribution in [3.8, 4) is 0 Å². The molecule has 0 radical (unpaired) electrons. The van der Waals surface area contributed by atoms with Gasteiger partial charge in [0.15, 0.2) is 0 Å². The van der Waals surface area contributed by atoms with E-state index in [0.717, 1.165) is 32.4 Å². The summed E-state index contributed by atoms with van der Waals surface area (Å²) >= 11 is 0. The molecule has 0 aliphatic carbocycles. The van der Waals surface area contributed by atoms with E-state index < -0.39 is 0 Å². The zero-order chi connectivity index (χ0) is 10.8. The van der Waals surface area contributed by atoms with Crippen molar-refractivity contribution in [2.75, 3.05) is 33.8 Å². The van der Waals surface area contributed by atoms with E-state index in [1.807, 2.05) is 0 Å². The Morgan fingerprint density at radius 1 is 1.21 bits per heavy atom. The Morgan fingerprint density at radius 2 is 1.86 bits per heavy atom. The average molecular weight is 202 g/mol. The van der Waals surface area contributed by atoms with E-state index in [2.05, 4.69) is 5.32 Å². The zero-order valence-corrected chi connectivity index (χ0v) is 9.25. The summed E-state index contributed by atoms with van der Waals surface area (Å²) in [6, 6.07) is 0. The molecule has 4 heteroatoms. The van der Waals surface area contributed by atoms with Crippen LogP contribution >= 0.6 is 0 Å². The first kappa shape index (κ1) is 13.4. The van der Waals surface area contributed by atoms with Gasteiger partial charge in [-0.15, -0.1) is 0 Å². The van der Waals surface area contributed by atoms with Crippen molar-refractivity contribution in [2.24, 2.45) is 0 Å². The van der Waals surface area contributed by atoms with E-state index in [4.69, 9.17) is 5.11 Å². The number of nitrogens with zero attached hydrogens (tertiary/aromatic N) is 1. The minimum atomic E-state index is 0.183. The van der Waals surface area contributed by atoms with Crippen LogP contribution in [0.3, 0.4) is 0 Å². The Hall–Kier alpha value is -0.610. The van der Waals surface area contributed by atoms with Gasteiger partial charge in [-0.05, 0) is 32.4 Å². The fraction of sp³-hybridized carbons (Fsp3) is 0.900. The number of amides is 1. The molecule has 0 fully saturated rings. The van der Waals surface area contributed by atoms with Crippen LogP contribution in [-0.4, -0.2) is 49.7 Å². The fourth-order valence-electron chi connectivity index (χ4n) is 1.08. The monoisotopic (exact) mass is 202 g/mol. The first-order valence-electron chi connectivity index (χ1n) is 5.20. The molecule has 0 saturated carbocycles. The molecule has 0 atom stereocenters. The van der Waals surface area contributed by atoms with Gasteiger partial charge in [-0.3, -0.25) is 4.79 Å². The normalized spacial score (nSPS) is 10.2. The second-order valence-corrected chi connectivity index (χ2v) is 3.57. The molecule has 0 aromatic carbocycles. The SMILES string of the molecule is CN(C)C(=O)CCCNCCCCO. The Bertz CT molecular complexity index is 149. The second kappa shape index (κ2) is 8.97. The Labute approximate surface area is 86.3 Å². The quantitative estimate of drug-likeness (QED) is 0.553. The zero-order valence-electron chi connectivity index (χ0n) is 9.25. The Kier molecular flexibility index (Phi) is 8.57. The van der Waals surface area contributed by atoms with E-state index in [9.17, 15) is 4.79 Å². The summed E-state index contributed by atoms with van der Waals surface area (Å²) in [5.74, 6) is 0.183. The van der Waals surface area contributed by atoms with E-state index in [-0.39, 0.29) is 12.5 Å². The molecule has 0 aromatic heterocycles. The van der Waals surface area contributed by atoms with Gasteiger partial charge in [-0.1, -0.05) is 0 Å². The minimum Gasteiger partial charge on any atom is -0.396 e. The van der Waals surface area contributed by atoms with Gasteiger partial charge >= 0.3 is 0 Å². The first-order chi connectivity index (χ1) is 6.68. The Morgan fingerprint density at radius 3 is 2.43 bits per heavy atom. The van der Waals surface area contributed by atoms with Crippen LogP contribution < -0.4 is 5.32 Å². The molecule has 0 rings (SSSR count). The second-order valence-electron chi connectivity index (χ2n) is 3.57. The lowest BCUT2D eigenvalue weighted by Gasteiger charge is -2.09. The summed E-state index contributed by atoms with van der Waals surface area (Å²) in [6.07, 6.45) is 3.35. The highest BCUT2D eigenvalue weighted by Gasteiger charge is 2.01. The van der Waals surface area contributed by atoms with E-state index in [1.165, 1.54) is 0 Å². The van der Waals surface area contributed by atoms with Crippen molar-refractivity contribution in [3.05, 3.63) is 0 Å². The molecule has 0 saturated heterocycles. The molecule has 0 unspecified atom stereocenters. The van der Waals surface area contributed by atoms with Gasteiger partial charge in [0.25, 0.3) is 0 Å². The van der Waals surface area contributed by atoms with Crippen molar-refractivity contribution < 1.29 is 9.90 Å². The van der Waals surface area contributed by atoms with Crippen molar-refractivity contribution in [1.29, 1.82) is 0 Å². The molecule has 2 N–H and O–H groups in total. The number of nitrogens with one attached hydrogen (secondary N) is 1. The maximum Gasteiger partial charge on any atom is 0.222 e. The van der Waals surface area contributed by atoms with Crippen LogP contribution in [0.15, 0.2) is 0 Å².